The molecule has 0 bridgehead atoms. The van der Waals surface area contributed by atoms with E-state index in [1.165, 1.54) is 14.0 Å². The maximum atomic E-state index is 11.5. The highest BCUT2D eigenvalue weighted by Crippen LogP contribution is 2.44. The lowest BCUT2D eigenvalue weighted by molar-refractivity contribution is -0.384. The van der Waals surface area contributed by atoms with Gasteiger partial charge in [-0.15, -0.1) is 0 Å². The van der Waals surface area contributed by atoms with Crippen molar-refractivity contribution in [2.75, 3.05) is 11.9 Å². The summed E-state index contributed by atoms with van der Waals surface area (Å²) in [5.41, 5.74) is -2.37. The molecule has 1 heterocycles. The van der Waals surface area contributed by atoms with Crippen molar-refractivity contribution in [1.82, 2.24) is 9.97 Å². The van der Waals surface area contributed by atoms with E-state index in [1.54, 1.807) is 0 Å². The molecule has 2 aromatic rings. The van der Waals surface area contributed by atoms with Gasteiger partial charge in [0.2, 0.25) is 0 Å². The number of hydrogen-bond donors (Lipinski definition) is 4. The van der Waals surface area contributed by atoms with Gasteiger partial charge in [-0.05, 0) is 6.92 Å². The molecule has 1 aromatic carbocycles. The molecule has 1 aromatic heterocycles. The Labute approximate surface area is 127 Å². The summed E-state index contributed by atoms with van der Waals surface area (Å²) >= 11 is 0. The van der Waals surface area contributed by atoms with E-state index >= 15 is 0 Å². The zero-order valence-electron chi connectivity index (χ0n) is 12.0. The molecule has 0 saturated heterocycles. The van der Waals surface area contributed by atoms with E-state index in [-0.39, 0.29) is 16.7 Å². The molecule has 0 fully saturated rings. The van der Waals surface area contributed by atoms with Crippen molar-refractivity contribution in [3.8, 4) is 0 Å². The fourth-order valence-corrected chi connectivity index (χ4v) is 2.58. The third kappa shape index (κ3) is 3.16. The van der Waals surface area contributed by atoms with Crippen LogP contribution in [0.25, 0.3) is 11.0 Å². The summed E-state index contributed by atoms with van der Waals surface area (Å²) in [6, 6.07) is 2.11. The van der Waals surface area contributed by atoms with Gasteiger partial charge in [0, 0.05) is 19.2 Å². The van der Waals surface area contributed by atoms with Crippen LogP contribution in [0.15, 0.2) is 21.7 Å². The summed E-state index contributed by atoms with van der Waals surface area (Å²) < 4.78 is 11.4. The van der Waals surface area contributed by atoms with E-state index in [0.717, 1.165) is 17.0 Å². The molecule has 1 atom stereocenters. The second kappa shape index (κ2) is 5.61. The van der Waals surface area contributed by atoms with Gasteiger partial charge < -0.3 is 24.7 Å². The number of nitro groups is 1. The van der Waals surface area contributed by atoms with Crippen LogP contribution in [0.4, 0.5) is 11.4 Å². The third-order valence-corrected chi connectivity index (χ3v) is 4.75. The molecule has 0 aliphatic rings. The van der Waals surface area contributed by atoms with Crippen LogP contribution >= 0.6 is 7.60 Å². The molecule has 1 unspecified atom stereocenters. The van der Waals surface area contributed by atoms with Crippen LogP contribution in [0, 0.1) is 10.1 Å². The molecule has 12 heteroatoms. The topological polar surface area (TPSA) is 170 Å². The Hall–Kier alpha value is -2.49. The molecule has 0 aliphatic carbocycles. The molecule has 0 saturated carbocycles. The molecule has 4 N–H and O–H groups in total. The maximum absolute atomic E-state index is 11.5. The van der Waals surface area contributed by atoms with Crippen molar-refractivity contribution in [1.29, 1.82) is 0 Å². The summed E-state index contributed by atoms with van der Waals surface area (Å²) in [5.74, 6) is -1.30. The normalized spacial score (nSPS) is 13.0. The van der Waals surface area contributed by atoms with Crippen LogP contribution in [-0.2, 0) is 4.57 Å². The number of fused-ring (bicyclic) bond motifs is 1. The second-order valence-electron chi connectivity index (χ2n) is 4.88. The fourth-order valence-electron chi connectivity index (χ4n) is 2.00. The highest BCUT2D eigenvalue weighted by molar-refractivity contribution is 7.52. The van der Waals surface area contributed by atoms with E-state index in [4.69, 9.17) is 0 Å². The maximum Gasteiger partial charge on any atom is 0.347 e. The van der Waals surface area contributed by atoms with Gasteiger partial charge in [0.25, 0.3) is 5.69 Å². The molecule has 23 heavy (non-hydrogen) atoms. The van der Waals surface area contributed by atoms with Crippen LogP contribution in [0.1, 0.15) is 6.92 Å². The first-order valence-corrected chi connectivity index (χ1v) is 7.93. The van der Waals surface area contributed by atoms with Gasteiger partial charge in [0.1, 0.15) is 5.78 Å². The van der Waals surface area contributed by atoms with Crippen molar-refractivity contribution in [2.45, 2.75) is 12.7 Å². The Morgan fingerprint density at radius 2 is 1.83 bits per heavy atom. The number of aromatic nitrogens is 2. The predicted octanol–water partition coefficient (Wildman–Crippen LogP) is 0.0845. The Morgan fingerprint density at radius 3 is 2.35 bits per heavy atom. The average Bonchev–Trinajstić information content (AvgIpc) is 2.44. The quantitative estimate of drug-likeness (QED) is 0.261. The lowest BCUT2D eigenvalue weighted by atomic mass is 10.2. The van der Waals surface area contributed by atoms with Crippen molar-refractivity contribution < 1.29 is 19.3 Å². The van der Waals surface area contributed by atoms with Gasteiger partial charge >= 0.3 is 18.7 Å². The van der Waals surface area contributed by atoms with Crippen molar-refractivity contribution in [3.63, 3.8) is 0 Å². The van der Waals surface area contributed by atoms with E-state index in [0.29, 0.717) is 0 Å². The molecule has 0 radical (unpaired) electrons. The van der Waals surface area contributed by atoms with Gasteiger partial charge in [-0.1, -0.05) is 0 Å². The van der Waals surface area contributed by atoms with Crippen LogP contribution in [-0.4, -0.2) is 37.5 Å². The first kappa shape index (κ1) is 16.9. The number of hydrogen-bond acceptors (Lipinski definition) is 6. The number of non-ortho nitro benzene ring substituents is 1. The van der Waals surface area contributed by atoms with Gasteiger partial charge in [-0.3, -0.25) is 24.3 Å². The van der Waals surface area contributed by atoms with Crippen LogP contribution < -0.4 is 16.0 Å². The molecule has 0 aliphatic heterocycles. The number of nitrogens with zero attached hydrogens (tertiary/aromatic N) is 2. The predicted molar refractivity (Wildman–Crippen MR) is 81.8 cm³/mol. The number of rotatable bonds is 4. The number of H-pyrrole nitrogens is 2. The molecule has 0 amide bonds. The summed E-state index contributed by atoms with van der Waals surface area (Å²) in [5, 5.41) is 11.0. The van der Waals surface area contributed by atoms with Gasteiger partial charge in [0.05, 0.1) is 21.6 Å². The smallest absolute Gasteiger partial charge is 0.347 e. The Bertz CT molecular complexity index is 944. The average molecular weight is 344 g/mol. The second-order valence-corrected chi connectivity index (χ2v) is 6.81. The number of nitro benzene ring substituents is 1. The van der Waals surface area contributed by atoms with Crippen molar-refractivity contribution in [3.05, 3.63) is 43.0 Å². The van der Waals surface area contributed by atoms with Gasteiger partial charge in [0.15, 0.2) is 0 Å². The minimum Gasteiger partial charge on any atom is -0.359 e. The molecule has 2 rings (SSSR count). The van der Waals surface area contributed by atoms with Crippen LogP contribution in [0.2, 0.25) is 0 Å². The SMILES string of the molecule is CC(N(C)c1cc([N+](=O)[O-])cc2[nH]c(=O)c(=O)[nH]c12)P(=O)(O)O. The summed E-state index contributed by atoms with van der Waals surface area (Å²) in [6.45, 7) is 1.23. The number of benzene rings is 1. The molecular formula is C11H13N4O7P. The Kier molecular flexibility index (Phi) is 4.12. The van der Waals surface area contributed by atoms with E-state index < -0.39 is 35.1 Å². The Balaban J connectivity index is 2.82. The Morgan fingerprint density at radius 1 is 1.26 bits per heavy atom. The summed E-state index contributed by atoms with van der Waals surface area (Å²) in [6.07, 6.45) is 0. The number of nitrogens with one attached hydrogen (secondary N) is 2. The van der Waals surface area contributed by atoms with Crippen molar-refractivity contribution in [2.24, 2.45) is 0 Å². The zero-order valence-corrected chi connectivity index (χ0v) is 12.9. The minimum absolute atomic E-state index is 0.00150. The standard InChI is InChI=1S/C11H13N4O7P/c1-5(23(20,21)22)14(2)8-4-6(15(18)19)3-7-9(8)13-11(17)10(16)12-7/h3-5H,1-2H3,(H,12,16)(H,13,17)(H2,20,21,22). The number of aromatic amines is 2. The van der Waals surface area contributed by atoms with Crippen LogP contribution in [0.5, 0.6) is 0 Å². The number of anilines is 1. The van der Waals surface area contributed by atoms with E-state index in [9.17, 15) is 34.1 Å². The molecular weight excluding hydrogens is 331 g/mol. The summed E-state index contributed by atoms with van der Waals surface area (Å²) in [7, 11) is -3.21. The largest absolute Gasteiger partial charge is 0.359 e. The van der Waals surface area contributed by atoms with Gasteiger partial charge in [-0.2, -0.15) is 0 Å². The van der Waals surface area contributed by atoms with Crippen LogP contribution in [0.3, 0.4) is 0 Å². The fraction of sp³-hybridized carbons (Fsp3) is 0.273. The lowest BCUT2D eigenvalue weighted by Crippen LogP contribution is -2.32. The molecule has 124 valence electrons. The monoisotopic (exact) mass is 344 g/mol. The van der Waals surface area contributed by atoms with E-state index in [1.807, 2.05) is 0 Å². The highest BCUT2D eigenvalue weighted by atomic mass is 31.2. The lowest BCUT2D eigenvalue weighted by Gasteiger charge is -2.27. The van der Waals surface area contributed by atoms with Gasteiger partial charge in [-0.25, -0.2) is 0 Å². The highest BCUT2D eigenvalue weighted by Gasteiger charge is 2.30. The van der Waals surface area contributed by atoms with E-state index in [2.05, 4.69) is 9.97 Å². The third-order valence-electron chi connectivity index (χ3n) is 3.43. The minimum atomic E-state index is -4.52. The first-order valence-electron chi connectivity index (χ1n) is 6.25. The molecule has 0 spiro atoms. The first-order chi connectivity index (χ1) is 10.5. The van der Waals surface area contributed by atoms with Crippen molar-refractivity contribution >= 4 is 30.0 Å². The zero-order chi connectivity index (χ0) is 17.5. The molecule has 11 nitrogen and oxygen atoms in total. The summed E-state index contributed by atoms with van der Waals surface area (Å²) in [4.78, 5) is 57.3.